The Bertz CT molecular complexity index is 351. The summed E-state index contributed by atoms with van der Waals surface area (Å²) >= 11 is 0. The van der Waals surface area contributed by atoms with Crippen molar-refractivity contribution in [1.29, 1.82) is 0 Å². The highest BCUT2D eigenvalue weighted by Crippen LogP contribution is 2.07. The molecule has 1 radical (unpaired) electrons. The van der Waals surface area contributed by atoms with Crippen molar-refractivity contribution in [3.63, 3.8) is 0 Å². The van der Waals surface area contributed by atoms with Crippen LogP contribution in [0.5, 0.6) is 0 Å². The first-order chi connectivity index (χ1) is 7.69. The normalized spacial score (nSPS) is 9.62. The second-order valence-electron chi connectivity index (χ2n) is 2.93. The van der Waals surface area contributed by atoms with Crippen molar-refractivity contribution in [1.82, 2.24) is 0 Å². The number of ether oxygens (including phenoxy) is 2. The van der Waals surface area contributed by atoms with E-state index in [-0.39, 0.29) is 12.2 Å². The average Bonchev–Trinajstić information content (AvgIpc) is 2.30. The minimum Gasteiger partial charge on any atom is -0.462 e. The Kier molecular flexibility index (Phi) is 4.51. The molecule has 0 amide bonds. The summed E-state index contributed by atoms with van der Waals surface area (Å²) in [5.74, 6) is -0.948. The maximum atomic E-state index is 11.4. The van der Waals surface area contributed by atoms with Crippen molar-refractivity contribution in [2.75, 3.05) is 13.2 Å². The molecule has 0 aliphatic carbocycles. The summed E-state index contributed by atoms with van der Waals surface area (Å²) in [6, 6.07) is 7.16. The summed E-state index contributed by atoms with van der Waals surface area (Å²) in [5, 5.41) is 0. The summed E-state index contributed by atoms with van der Waals surface area (Å²) in [4.78, 5) is 22.8. The van der Waals surface area contributed by atoms with Gasteiger partial charge in [-0.15, -0.1) is 0 Å². The molecule has 1 rings (SSSR count). The predicted octanol–water partition coefficient (Wildman–Crippen LogP) is 1.84. The van der Waals surface area contributed by atoms with Crippen molar-refractivity contribution in [2.45, 2.75) is 13.8 Å². The number of carbonyl (C=O) groups is 2. The van der Waals surface area contributed by atoms with E-state index >= 15 is 0 Å². The van der Waals surface area contributed by atoms with Crippen LogP contribution in [0.1, 0.15) is 34.6 Å². The first-order valence-corrected chi connectivity index (χ1v) is 5.05. The molecule has 4 nitrogen and oxygen atoms in total. The molecule has 0 aliphatic rings. The van der Waals surface area contributed by atoms with Gasteiger partial charge in [0.1, 0.15) is 0 Å². The van der Waals surface area contributed by atoms with Crippen LogP contribution in [0.25, 0.3) is 0 Å². The first kappa shape index (κ1) is 12.2. The first-order valence-electron chi connectivity index (χ1n) is 5.05. The lowest BCUT2D eigenvalue weighted by Crippen LogP contribution is -2.09. The third kappa shape index (κ3) is 3.08. The largest absolute Gasteiger partial charge is 0.462 e. The molecule has 1 aromatic rings. The van der Waals surface area contributed by atoms with Crippen LogP contribution in [0.4, 0.5) is 0 Å². The number of esters is 2. The molecule has 0 bridgehead atoms. The topological polar surface area (TPSA) is 52.6 Å². The lowest BCUT2D eigenvalue weighted by molar-refractivity contribution is 0.0525. The fourth-order valence-electron chi connectivity index (χ4n) is 1.13. The third-order valence-corrected chi connectivity index (χ3v) is 1.81. The van der Waals surface area contributed by atoms with Crippen molar-refractivity contribution < 1.29 is 19.1 Å². The summed E-state index contributed by atoms with van der Waals surface area (Å²) in [6.07, 6.45) is 0. The monoisotopic (exact) mass is 221 g/mol. The Morgan fingerprint density at radius 2 is 1.81 bits per heavy atom. The zero-order valence-electron chi connectivity index (χ0n) is 9.28. The molecular formula is C12H13O4. The summed E-state index contributed by atoms with van der Waals surface area (Å²) < 4.78 is 9.62. The number of hydrogen-bond acceptors (Lipinski definition) is 4. The van der Waals surface area contributed by atoms with E-state index in [0.29, 0.717) is 12.2 Å². The summed E-state index contributed by atoms with van der Waals surface area (Å²) in [7, 11) is 0. The van der Waals surface area contributed by atoms with Crippen molar-refractivity contribution in [3.05, 3.63) is 35.4 Å². The maximum Gasteiger partial charge on any atom is 0.338 e. The Morgan fingerprint density at radius 1 is 1.19 bits per heavy atom. The molecule has 0 saturated heterocycles. The Balaban J connectivity index is 2.86. The van der Waals surface area contributed by atoms with Crippen LogP contribution in [-0.4, -0.2) is 25.2 Å². The van der Waals surface area contributed by atoms with Gasteiger partial charge in [-0.3, -0.25) is 0 Å². The predicted molar refractivity (Wildman–Crippen MR) is 57.2 cm³/mol. The van der Waals surface area contributed by atoms with E-state index in [9.17, 15) is 9.59 Å². The van der Waals surface area contributed by atoms with Gasteiger partial charge in [-0.25, -0.2) is 9.59 Å². The molecule has 0 fully saturated rings. The maximum absolute atomic E-state index is 11.4. The molecule has 0 aromatic heterocycles. The number of rotatable bonds is 4. The van der Waals surface area contributed by atoms with Gasteiger partial charge in [0.15, 0.2) is 0 Å². The zero-order chi connectivity index (χ0) is 12.0. The molecule has 0 spiro atoms. The fourth-order valence-corrected chi connectivity index (χ4v) is 1.13. The molecule has 1 aromatic carbocycles. The van der Waals surface area contributed by atoms with E-state index in [4.69, 9.17) is 9.47 Å². The van der Waals surface area contributed by atoms with E-state index in [1.54, 1.807) is 19.9 Å². The summed E-state index contributed by atoms with van der Waals surface area (Å²) in [6.45, 7) is 4.02. The lowest BCUT2D eigenvalue weighted by Gasteiger charge is -2.04. The molecule has 0 aliphatic heterocycles. The molecule has 0 heterocycles. The van der Waals surface area contributed by atoms with Gasteiger partial charge in [0.25, 0.3) is 0 Å². The van der Waals surface area contributed by atoms with Crippen LogP contribution in [0.3, 0.4) is 0 Å². The van der Waals surface area contributed by atoms with Crippen LogP contribution >= 0.6 is 0 Å². The van der Waals surface area contributed by atoms with Gasteiger partial charge in [-0.1, -0.05) is 6.07 Å². The van der Waals surface area contributed by atoms with Crippen molar-refractivity contribution in [3.8, 4) is 0 Å². The standard InChI is InChI=1S/C12H13O4/c1-3-15-11(13)9-6-5-7-10(8-9)12(14)16-4-2/h5-6,8H,3-4H2,1-2H3. The molecule has 85 valence electrons. The molecular weight excluding hydrogens is 208 g/mol. The van der Waals surface area contributed by atoms with E-state index in [2.05, 4.69) is 6.07 Å². The van der Waals surface area contributed by atoms with Crippen LogP contribution in [0, 0.1) is 6.07 Å². The smallest absolute Gasteiger partial charge is 0.338 e. The van der Waals surface area contributed by atoms with Gasteiger partial charge >= 0.3 is 11.9 Å². The van der Waals surface area contributed by atoms with E-state index in [0.717, 1.165) is 0 Å². The Labute approximate surface area is 94.2 Å². The Hall–Kier alpha value is -1.84. The minimum atomic E-state index is -0.492. The van der Waals surface area contributed by atoms with Gasteiger partial charge in [0.2, 0.25) is 0 Å². The second-order valence-corrected chi connectivity index (χ2v) is 2.93. The number of carbonyl (C=O) groups excluding carboxylic acids is 2. The van der Waals surface area contributed by atoms with Gasteiger partial charge in [0.05, 0.1) is 24.3 Å². The Morgan fingerprint density at radius 3 is 2.44 bits per heavy atom. The molecule has 4 heteroatoms. The van der Waals surface area contributed by atoms with Gasteiger partial charge < -0.3 is 9.47 Å². The van der Waals surface area contributed by atoms with Crippen molar-refractivity contribution >= 4 is 11.9 Å². The quantitative estimate of drug-likeness (QED) is 0.728. The van der Waals surface area contributed by atoms with Crippen molar-refractivity contribution in [2.24, 2.45) is 0 Å². The van der Waals surface area contributed by atoms with Crippen LogP contribution in [-0.2, 0) is 9.47 Å². The second kappa shape index (κ2) is 5.90. The van der Waals surface area contributed by atoms with E-state index in [1.807, 2.05) is 0 Å². The highest BCUT2D eigenvalue weighted by molar-refractivity contribution is 5.95. The number of benzene rings is 1. The minimum absolute atomic E-state index is 0.229. The SMILES string of the molecule is CCOC(=O)c1[c]ccc(C(=O)OCC)c1. The fraction of sp³-hybridized carbons (Fsp3) is 0.333. The van der Waals surface area contributed by atoms with Crippen LogP contribution in [0.2, 0.25) is 0 Å². The zero-order valence-corrected chi connectivity index (χ0v) is 9.28. The molecule has 0 saturated carbocycles. The summed E-state index contributed by atoms with van der Waals surface area (Å²) in [5.41, 5.74) is 0.552. The van der Waals surface area contributed by atoms with Crippen LogP contribution in [0.15, 0.2) is 18.2 Å². The molecule has 0 atom stereocenters. The van der Waals surface area contributed by atoms with E-state index < -0.39 is 11.9 Å². The highest BCUT2D eigenvalue weighted by Gasteiger charge is 2.11. The van der Waals surface area contributed by atoms with E-state index in [1.165, 1.54) is 12.1 Å². The van der Waals surface area contributed by atoms with Gasteiger partial charge in [-0.2, -0.15) is 0 Å². The average molecular weight is 221 g/mol. The molecule has 0 N–H and O–H groups in total. The van der Waals surface area contributed by atoms with Gasteiger partial charge in [0, 0.05) is 0 Å². The lowest BCUT2D eigenvalue weighted by atomic mass is 10.1. The van der Waals surface area contributed by atoms with Crippen LogP contribution < -0.4 is 0 Å². The molecule has 16 heavy (non-hydrogen) atoms. The third-order valence-electron chi connectivity index (χ3n) is 1.81. The highest BCUT2D eigenvalue weighted by atomic mass is 16.5. The van der Waals surface area contributed by atoms with Gasteiger partial charge in [-0.05, 0) is 32.0 Å². The molecule has 0 unspecified atom stereocenters. The number of hydrogen-bond donors (Lipinski definition) is 0.